The Labute approximate surface area is 91.5 Å². The summed E-state index contributed by atoms with van der Waals surface area (Å²) in [5.41, 5.74) is -0.201. The van der Waals surface area contributed by atoms with Gasteiger partial charge in [-0.3, -0.25) is 9.69 Å². The predicted octanol–water partition coefficient (Wildman–Crippen LogP) is 2.12. The number of carboxylic acids is 1. The fourth-order valence-electron chi connectivity index (χ4n) is 2.91. The summed E-state index contributed by atoms with van der Waals surface area (Å²) in [7, 11) is 0. The number of carbonyl (C=O) groups is 1. The van der Waals surface area contributed by atoms with E-state index in [1.54, 1.807) is 0 Å². The lowest BCUT2D eigenvalue weighted by Gasteiger charge is -2.56. The van der Waals surface area contributed by atoms with E-state index in [0.717, 1.165) is 13.1 Å². The van der Waals surface area contributed by atoms with Crippen molar-refractivity contribution in [2.75, 3.05) is 13.1 Å². The van der Waals surface area contributed by atoms with Gasteiger partial charge in [-0.15, -0.1) is 0 Å². The first-order valence-corrected chi connectivity index (χ1v) is 5.95. The van der Waals surface area contributed by atoms with E-state index in [9.17, 15) is 4.79 Å². The van der Waals surface area contributed by atoms with Crippen molar-refractivity contribution in [2.45, 2.75) is 51.5 Å². The SMILES string of the molecule is CC(C)(C(=O)O)N1CC2(CCCCC2)C1. The molecule has 1 heterocycles. The summed E-state index contributed by atoms with van der Waals surface area (Å²) in [6.07, 6.45) is 6.64. The Morgan fingerprint density at radius 1 is 1.20 bits per heavy atom. The van der Waals surface area contributed by atoms with Gasteiger partial charge in [0.25, 0.3) is 0 Å². The quantitative estimate of drug-likeness (QED) is 0.760. The summed E-state index contributed by atoms with van der Waals surface area (Å²) < 4.78 is 0. The molecule has 1 saturated carbocycles. The molecular formula is C12H21NO2. The zero-order valence-electron chi connectivity index (χ0n) is 9.75. The van der Waals surface area contributed by atoms with Crippen molar-refractivity contribution < 1.29 is 9.90 Å². The molecule has 1 N–H and O–H groups in total. The molecule has 3 heteroatoms. The lowest BCUT2D eigenvalue weighted by Crippen LogP contribution is -2.66. The van der Waals surface area contributed by atoms with E-state index in [1.165, 1.54) is 32.1 Å². The van der Waals surface area contributed by atoms with Crippen molar-refractivity contribution in [1.29, 1.82) is 0 Å². The molecular weight excluding hydrogens is 190 g/mol. The van der Waals surface area contributed by atoms with Gasteiger partial charge in [0.15, 0.2) is 0 Å². The van der Waals surface area contributed by atoms with E-state index in [1.807, 2.05) is 13.8 Å². The Kier molecular flexibility index (Phi) is 2.53. The number of hydrogen-bond acceptors (Lipinski definition) is 2. The molecule has 2 aliphatic rings. The summed E-state index contributed by atoms with van der Waals surface area (Å²) >= 11 is 0. The van der Waals surface area contributed by atoms with Gasteiger partial charge >= 0.3 is 5.97 Å². The van der Waals surface area contributed by atoms with Crippen LogP contribution in [0.3, 0.4) is 0 Å². The molecule has 3 nitrogen and oxygen atoms in total. The molecule has 15 heavy (non-hydrogen) atoms. The molecule has 0 radical (unpaired) electrons. The molecule has 0 aromatic heterocycles. The molecule has 0 aromatic rings. The Morgan fingerprint density at radius 3 is 2.20 bits per heavy atom. The molecule has 1 aliphatic carbocycles. The average Bonchev–Trinajstić information content (AvgIpc) is 2.15. The van der Waals surface area contributed by atoms with E-state index >= 15 is 0 Å². The average molecular weight is 211 g/mol. The van der Waals surface area contributed by atoms with Crippen LogP contribution in [0.15, 0.2) is 0 Å². The highest BCUT2D eigenvalue weighted by Crippen LogP contribution is 2.46. The molecule has 1 spiro atoms. The van der Waals surface area contributed by atoms with Crippen LogP contribution in [0, 0.1) is 5.41 Å². The molecule has 0 aromatic carbocycles. The maximum Gasteiger partial charge on any atom is 0.323 e. The van der Waals surface area contributed by atoms with Crippen molar-refractivity contribution in [3.05, 3.63) is 0 Å². The van der Waals surface area contributed by atoms with Crippen molar-refractivity contribution >= 4 is 5.97 Å². The lowest BCUT2D eigenvalue weighted by molar-refractivity contribution is -0.161. The summed E-state index contributed by atoms with van der Waals surface area (Å²) in [5, 5.41) is 9.12. The molecule has 86 valence electrons. The van der Waals surface area contributed by atoms with Crippen LogP contribution in [0.25, 0.3) is 0 Å². The topological polar surface area (TPSA) is 40.5 Å². The zero-order valence-corrected chi connectivity index (χ0v) is 9.75. The number of aliphatic carboxylic acids is 1. The lowest BCUT2D eigenvalue weighted by atomic mass is 9.67. The molecule has 1 saturated heterocycles. The number of nitrogens with zero attached hydrogens (tertiary/aromatic N) is 1. The number of carboxylic acid groups (broad SMARTS) is 1. The van der Waals surface area contributed by atoms with Gasteiger partial charge in [0.1, 0.15) is 5.54 Å². The van der Waals surface area contributed by atoms with Crippen LogP contribution < -0.4 is 0 Å². The van der Waals surface area contributed by atoms with E-state index in [-0.39, 0.29) is 0 Å². The summed E-state index contributed by atoms with van der Waals surface area (Å²) in [6, 6.07) is 0. The third-order valence-corrected chi connectivity index (χ3v) is 4.28. The fraction of sp³-hybridized carbons (Fsp3) is 0.917. The molecule has 0 unspecified atom stereocenters. The third kappa shape index (κ3) is 1.78. The van der Waals surface area contributed by atoms with Crippen molar-refractivity contribution in [2.24, 2.45) is 5.41 Å². The van der Waals surface area contributed by atoms with Crippen molar-refractivity contribution in [3.8, 4) is 0 Å². The minimum atomic E-state index is -0.701. The second kappa shape index (κ2) is 3.48. The van der Waals surface area contributed by atoms with Crippen LogP contribution in [0.2, 0.25) is 0 Å². The van der Waals surface area contributed by atoms with Gasteiger partial charge in [-0.1, -0.05) is 19.3 Å². The highest BCUT2D eigenvalue weighted by molar-refractivity contribution is 5.77. The van der Waals surface area contributed by atoms with Crippen molar-refractivity contribution in [3.63, 3.8) is 0 Å². The molecule has 0 atom stereocenters. The Bertz CT molecular complexity index is 259. The maximum absolute atomic E-state index is 11.1. The Balaban J connectivity index is 1.94. The van der Waals surface area contributed by atoms with Crippen LogP contribution in [0.1, 0.15) is 46.0 Å². The highest BCUT2D eigenvalue weighted by Gasteiger charge is 2.50. The summed E-state index contributed by atoms with van der Waals surface area (Å²) in [6.45, 7) is 5.61. The zero-order chi connectivity index (χ0) is 11.1. The van der Waals surface area contributed by atoms with Crippen molar-refractivity contribution in [1.82, 2.24) is 4.90 Å². The monoisotopic (exact) mass is 211 g/mol. The maximum atomic E-state index is 11.1. The predicted molar refractivity (Wildman–Crippen MR) is 58.8 cm³/mol. The first-order chi connectivity index (χ1) is 6.96. The summed E-state index contributed by atoms with van der Waals surface area (Å²) in [4.78, 5) is 13.2. The van der Waals surface area contributed by atoms with E-state index in [0.29, 0.717) is 5.41 Å². The number of hydrogen-bond donors (Lipinski definition) is 1. The minimum absolute atomic E-state index is 0.477. The van der Waals surface area contributed by atoms with Gasteiger partial charge in [0.05, 0.1) is 0 Å². The van der Waals surface area contributed by atoms with Gasteiger partial charge in [-0.25, -0.2) is 0 Å². The first kappa shape index (κ1) is 10.9. The standard InChI is InChI=1S/C12H21NO2/c1-11(2,10(14)15)13-8-12(9-13)6-4-3-5-7-12/h3-9H2,1-2H3,(H,14,15). The molecule has 1 aliphatic heterocycles. The minimum Gasteiger partial charge on any atom is -0.480 e. The van der Waals surface area contributed by atoms with Crippen LogP contribution in [-0.4, -0.2) is 34.6 Å². The largest absolute Gasteiger partial charge is 0.480 e. The molecule has 0 bridgehead atoms. The van der Waals surface area contributed by atoms with Gasteiger partial charge in [0, 0.05) is 13.1 Å². The Hall–Kier alpha value is -0.570. The highest BCUT2D eigenvalue weighted by atomic mass is 16.4. The van der Waals surface area contributed by atoms with Gasteiger partial charge < -0.3 is 5.11 Å². The molecule has 0 amide bonds. The second-order valence-electron chi connectivity index (χ2n) is 5.78. The van der Waals surface area contributed by atoms with Crippen LogP contribution in [0.5, 0.6) is 0 Å². The molecule has 2 rings (SSSR count). The van der Waals surface area contributed by atoms with Gasteiger partial charge in [-0.05, 0) is 32.1 Å². The van der Waals surface area contributed by atoms with E-state index in [4.69, 9.17) is 5.11 Å². The van der Waals surface area contributed by atoms with Crippen LogP contribution in [-0.2, 0) is 4.79 Å². The normalized spacial score (nSPS) is 26.3. The summed E-state index contributed by atoms with van der Waals surface area (Å²) in [5.74, 6) is -0.701. The van der Waals surface area contributed by atoms with Crippen LogP contribution in [0.4, 0.5) is 0 Å². The first-order valence-electron chi connectivity index (χ1n) is 5.95. The van der Waals surface area contributed by atoms with E-state index < -0.39 is 11.5 Å². The smallest absolute Gasteiger partial charge is 0.323 e. The fourth-order valence-corrected chi connectivity index (χ4v) is 2.91. The van der Waals surface area contributed by atoms with Crippen LogP contribution >= 0.6 is 0 Å². The van der Waals surface area contributed by atoms with Gasteiger partial charge in [0.2, 0.25) is 0 Å². The van der Waals surface area contributed by atoms with Gasteiger partial charge in [-0.2, -0.15) is 0 Å². The van der Waals surface area contributed by atoms with E-state index in [2.05, 4.69) is 4.90 Å². The second-order valence-corrected chi connectivity index (χ2v) is 5.78. The molecule has 2 fully saturated rings. The number of rotatable bonds is 2. The Morgan fingerprint density at radius 2 is 1.73 bits per heavy atom. The number of likely N-dealkylation sites (tertiary alicyclic amines) is 1. The third-order valence-electron chi connectivity index (χ3n) is 4.28.